The molecule has 0 spiro atoms. The highest BCUT2D eigenvalue weighted by atomic mass is 28.3. The summed E-state index contributed by atoms with van der Waals surface area (Å²) >= 11 is 0. The van der Waals surface area contributed by atoms with Gasteiger partial charge in [-0.1, -0.05) is 62.1 Å². The van der Waals surface area contributed by atoms with E-state index >= 15 is 0 Å². The van der Waals surface area contributed by atoms with E-state index in [1.165, 1.54) is 0 Å². The Kier molecular flexibility index (Phi) is 6.03. The molecule has 2 aromatic rings. The Morgan fingerprint density at radius 3 is 2.26 bits per heavy atom. The normalized spacial score (nSPS) is 12.2. The first kappa shape index (κ1) is 17.3. The van der Waals surface area contributed by atoms with Gasteiger partial charge in [-0.05, 0) is 23.3 Å². The highest BCUT2D eigenvalue weighted by Crippen LogP contribution is 2.20. The van der Waals surface area contributed by atoms with Gasteiger partial charge in [-0.3, -0.25) is 0 Å². The largest absolute Gasteiger partial charge is 0.489 e. The van der Waals surface area contributed by atoms with Crippen LogP contribution in [0.1, 0.15) is 23.7 Å². The summed E-state index contributed by atoms with van der Waals surface area (Å²) < 4.78 is 5.75. The van der Waals surface area contributed by atoms with E-state index in [4.69, 9.17) is 4.74 Å². The predicted molar refractivity (Wildman–Crippen MR) is 97.9 cm³/mol. The van der Waals surface area contributed by atoms with Crippen LogP contribution < -0.4 is 4.74 Å². The van der Waals surface area contributed by atoms with Gasteiger partial charge in [0.15, 0.2) is 0 Å². The number of benzene rings is 2. The van der Waals surface area contributed by atoms with E-state index in [1.807, 2.05) is 54.6 Å². The number of hydrogen-bond donors (Lipinski definition) is 1. The molecule has 2 nitrogen and oxygen atoms in total. The van der Waals surface area contributed by atoms with Gasteiger partial charge in [0.05, 0.1) is 6.10 Å². The summed E-state index contributed by atoms with van der Waals surface area (Å²) in [5.41, 5.74) is 5.29. The second kappa shape index (κ2) is 8.01. The monoisotopic (exact) mass is 324 g/mol. The fourth-order valence-corrected chi connectivity index (χ4v) is 2.69. The van der Waals surface area contributed by atoms with Crippen molar-refractivity contribution in [1.29, 1.82) is 0 Å². The summed E-state index contributed by atoms with van der Waals surface area (Å²) in [6, 6.07) is 17.7. The molecule has 0 aliphatic heterocycles. The fourth-order valence-electron chi connectivity index (χ4n) is 2.06. The van der Waals surface area contributed by atoms with Gasteiger partial charge < -0.3 is 9.84 Å². The third-order valence-electron chi connectivity index (χ3n) is 3.27. The summed E-state index contributed by atoms with van der Waals surface area (Å²) in [6.45, 7) is 7.15. The van der Waals surface area contributed by atoms with Crippen molar-refractivity contribution in [2.45, 2.75) is 38.8 Å². The summed E-state index contributed by atoms with van der Waals surface area (Å²) in [5.74, 6) is 3.92. The minimum atomic E-state index is -1.37. The molecule has 0 saturated heterocycles. The average Bonchev–Trinajstić information content (AvgIpc) is 2.53. The molecule has 0 bridgehead atoms. The van der Waals surface area contributed by atoms with Crippen LogP contribution in [0.25, 0.3) is 0 Å². The van der Waals surface area contributed by atoms with E-state index in [1.54, 1.807) is 0 Å². The van der Waals surface area contributed by atoms with Crippen LogP contribution in [0.5, 0.6) is 5.75 Å². The maximum Gasteiger partial charge on any atom is 0.129 e. The first-order valence-electron chi connectivity index (χ1n) is 7.89. The number of aliphatic hydroxyl groups excluding tert-OH is 1. The number of aliphatic hydroxyl groups is 1. The molecule has 120 valence electrons. The van der Waals surface area contributed by atoms with Crippen molar-refractivity contribution >= 4 is 8.07 Å². The standard InChI is InChI=1S/C20H24O2Si/c1-23(2,3)15-7-10-20(21)18-11-13-19(14-12-18)22-16-17-8-5-4-6-9-17/h4-6,8-9,11-14,20-21H,10,16H2,1-3H3. The molecule has 1 unspecified atom stereocenters. The van der Waals surface area contributed by atoms with Gasteiger partial charge in [0.2, 0.25) is 0 Å². The molecular weight excluding hydrogens is 300 g/mol. The molecule has 2 rings (SSSR count). The molecule has 1 N–H and O–H groups in total. The van der Waals surface area contributed by atoms with E-state index in [2.05, 4.69) is 31.1 Å². The van der Waals surface area contributed by atoms with Gasteiger partial charge in [-0.2, -0.15) is 0 Å². The van der Waals surface area contributed by atoms with Crippen molar-refractivity contribution in [3.8, 4) is 17.2 Å². The van der Waals surface area contributed by atoms with Crippen LogP contribution in [0.15, 0.2) is 54.6 Å². The van der Waals surface area contributed by atoms with Crippen LogP contribution in [0.2, 0.25) is 19.6 Å². The third-order valence-corrected chi connectivity index (χ3v) is 4.20. The van der Waals surface area contributed by atoms with E-state index < -0.39 is 14.2 Å². The predicted octanol–water partition coefficient (Wildman–Crippen LogP) is 4.57. The Hall–Kier alpha value is -2.02. The first-order valence-corrected chi connectivity index (χ1v) is 11.4. The van der Waals surface area contributed by atoms with Crippen LogP contribution in [-0.2, 0) is 6.61 Å². The lowest BCUT2D eigenvalue weighted by Gasteiger charge is -2.10. The zero-order chi connectivity index (χ0) is 16.7. The van der Waals surface area contributed by atoms with Crippen molar-refractivity contribution in [2.24, 2.45) is 0 Å². The Bertz CT molecular complexity index is 661. The third kappa shape index (κ3) is 6.31. The van der Waals surface area contributed by atoms with Gasteiger partial charge in [-0.25, -0.2) is 0 Å². The molecular formula is C20H24O2Si. The second-order valence-electron chi connectivity index (χ2n) is 6.62. The molecule has 1 atom stereocenters. The Balaban J connectivity index is 1.89. The topological polar surface area (TPSA) is 29.5 Å². The molecule has 0 fully saturated rings. The molecule has 0 radical (unpaired) electrons. The van der Waals surface area contributed by atoms with E-state index in [0.29, 0.717) is 13.0 Å². The van der Waals surface area contributed by atoms with Crippen LogP contribution in [-0.4, -0.2) is 13.2 Å². The van der Waals surface area contributed by atoms with E-state index in [-0.39, 0.29) is 0 Å². The molecule has 3 heteroatoms. The molecule has 2 aromatic carbocycles. The zero-order valence-electron chi connectivity index (χ0n) is 14.0. The average molecular weight is 324 g/mol. The van der Waals surface area contributed by atoms with Gasteiger partial charge in [0.1, 0.15) is 20.4 Å². The first-order chi connectivity index (χ1) is 10.9. The lowest BCUT2D eigenvalue weighted by Crippen LogP contribution is -2.16. The molecule has 0 saturated carbocycles. The van der Waals surface area contributed by atoms with Gasteiger partial charge >= 0.3 is 0 Å². The minimum absolute atomic E-state index is 0.481. The SMILES string of the molecule is C[Si](C)(C)C#CCC(O)c1ccc(OCc2ccccc2)cc1. The van der Waals surface area contributed by atoms with Crippen LogP contribution in [0, 0.1) is 11.5 Å². The summed E-state index contributed by atoms with van der Waals surface area (Å²) in [6.07, 6.45) is -0.0591. The second-order valence-corrected chi connectivity index (χ2v) is 11.4. The minimum Gasteiger partial charge on any atom is -0.489 e. The Labute approximate surface area is 140 Å². The summed E-state index contributed by atoms with van der Waals surface area (Å²) in [7, 11) is -1.37. The molecule has 0 amide bonds. The van der Waals surface area contributed by atoms with Crippen molar-refractivity contribution in [3.05, 3.63) is 65.7 Å². The van der Waals surface area contributed by atoms with E-state index in [0.717, 1.165) is 16.9 Å². The van der Waals surface area contributed by atoms with Gasteiger partial charge in [-0.15, -0.1) is 11.5 Å². The van der Waals surface area contributed by atoms with E-state index in [9.17, 15) is 5.11 Å². The van der Waals surface area contributed by atoms with Crippen LogP contribution >= 0.6 is 0 Å². The molecule has 0 aliphatic carbocycles. The van der Waals surface area contributed by atoms with Gasteiger partial charge in [0.25, 0.3) is 0 Å². The Morgan fingerprint density at radius 1 is 1.00 bits per heavy atom. The molecule has 0 aliphatic rings. The highest BCUT2D eigenvalue weighted by molar-refractivity contribution is 6.83. The smallest absolute Gasteiger partial charge is 0.129 e. The lowest BCUT2D eigenvalue weighted by molar-refractivity contribution is 0.184. The molecule has 0 aromatic heterocycles. The van der Waals surface area contributed by atoms with Crippen molar-refractivity contribution in [1.82, 2.24) is 0 Å². The van der Waals surface area contributed by atoms with Gasteiger partial charge in [0, 0.05) is 6.42 Å². The number of hydrogen-bond acceptors (Lipinski definition) is 2. The van der Waals surface area contributed by atoms with Crippen molar-refractivity contribution < 1.29 is 9.84 Å². The van der Waals surface area contributed by atoms with Crippen molar-refractivity contribution in [3.63, 3.8) is 0 Å². The number of ether oxygens (including phenoxy) is 1. The lowest BCUT2D eigenvalue weighted by atomic mass is 10.1. The maximum atomic E-state index is 10.2. The maximum absolute atomic E-state index is 10.2. The van der Waals surface area contributed by atoms with Crippen LogP contribution in [0.3, 0.4) is 0 Å². The number of rotatable bonds is 5. The molecule has 0 heterocycles. The Morgan fingerprint density at radius 2 is 1.65 bits per heavy atom. The van der Waals surface area contributed by atoms with Crippen LogP contribution in [0.4, 0.5) is 0 Å². The van der Waals surface area contributed by atoms with Crippen molar-refractivity contribution in [2.75, 3.05) is 0 Å². The summed E-state index contributed by atoms with van der Waals surface area (Å²) in [4.78, 5) is 0. The summed E-state index contributed by atoms with van der Waals surface area (Å²) in [5, 5.41) is 10.2. The molecule has 23 heavy (non-hydrogen) atoms. The fraction of sp³-hybridized carbons (Fsp3) is 0.300. The highest BCUT2D eigenvalue weighted by Gasteiger charge is 2.09. The zero-order valence-corrected chi connectivity index (χ0v) is 15.0. The quantitative estimate of drug-likeness (QED) is 0.645.